The molecule has 122 valence electrons. The molecule has 1 aliphatic heterocycles. The van der Waals surface area contributed by atoms with E-state index in [1.165, 1.54) is 17.5 Å². The maximum Gasteiger partial charge on any atom is 0.123 e. The smallest absolute Gasteiger partial charge is 0.123 e. The number of hydrogen-bond acceptors (Lipinski definition) is 4. The molecule has 0 aromatic heterocycles. The lowest BCUT2D eigenvalue weighted by Crippen LogP contribution is -2.23. The molecular formula is C19H24N2O2. The van der Waals surface area contributed by atoms with E-state index in [2.05, 4.69) is 23.1 Å². The summed E-state index contributed by atoms with van der Waals surface area (Å²) in [6.07, 6.45) is 2.32. The third-order valence-electron chi connectivity index (χ3n) is 4.50. The molecule has 4 nitrogen and oxygen atoms in total. The number of nitrogen functional groups attached to an aromatic ring is 1. The van der Waals surface area contributed by atoms with E-state index >= 15 is 0 Å². The van der Waals surface area contributed by atoms with Gasteiger partial charge in [0.15, 0.2) is 0 Å². The lowest BCUT2D eigenvalue weighted by atomic mass is 10.0. The highest BCUT2D eigenvalue weighted by Crippen LogP contribution is 2.39. The molecule has 0 spiro atoms. The normalized spacial score (nSPS) is 18.1. The van der Waals surface area contributed by atoms with E-state index in [0.717, 1.165) is 36.7 Å². The number of ether oxygens (including phenoxy) is 2. The maximum atomic E-state index is 5.91. The molecule has 1 atom stereocenters. The monoisotopic (exact) mass is 312 g/mol. The first-order valence-electron chi connectivity index (χ1n) is 8.01. The SMILES string of the molecule is COc1ccc(OC)c(C2CCCN2Cc2cccc(N)c2)c1. The molecule has 0 bridgehead atoms. The summed E-state index contributed by atoms with van der Waals surface area (Å²) in [5.41, 5.74) is 9.17. The lowest BCUT2D eigenvalue weighted by molar-refractivity contribution is 0.242. The second-order valence-electron chi connectivity index (χ2n) is 5.98. The minimum atomic E-state index is 0.349. The van der Waals surface area contributed by atoms with Crippen LogP contribution in [-0.4, -0.2) is 25.7 Å². The van der Waals surface area contributed by atoms with Gasteiger partial charge in [-0.25, -0.2) is 0 Å². The van der Waals surface area contributed by atoms with E-state index in [0.29, 0.717) is 6.04 Å². The van der Waals surface area contributed by atoms with Gasteiger partial charge in [-0.2, -0.15) is 0 Å². The number of hydrogen-bond donors (Lipinski definition) is 1. The number of nitrogens with two attached hydrogens (primary N) is 1. The van der Waals surface area contributed by atoms with Crippen molar-refractivity contribution in [2.45, 2.75) is 25.4 Å². The predicted molar refractivity (Wildman–Crippen MR) is 92.8 cm³/mol. The van der Waals surface area contributed by atoms with Crippen LogP contribution in [0.3, 0.4) is 0 Å². The Hall–Kier alpha value is -2.20. The predicted octanol–water partition coefficient (Wildman–Crippen LogP) is 3.62. The van der Waals surface area contributed by atoms with Crippen molar-refractivity contribution in [2.24, 2.45) is 0 Å². The topological polar surface area (TPSA) is 47.7 Å². The Morgan fingerprint density at radius 2 is 2.00 bits per heavy atom. The van der Waals surface area contributed by atoms with Gasteiger partial charge in [0.1, 0.15) is 11.5 Å². The van der Waals surface area contributed by atoms with Crippen LogP contribution in [0, 0.1) is 0 Å². The van der Waals surface area contributed by atoms with Crippen molar-refractivity contribution in [3.8, 4) is 11.5 Å². The molecule has 2 N–H and O–H groups in total. The average Bonchev–Trinajstić information content (AvgIpc) is 3.02. The zero-order valence-corrected chi connectivity index (χ0v) is 13.8. The number of rotatable bonds is 5. The van der Waals surface area contributed by atoms with Gasteiger partial charge in [0.05, 0.1) is 14.2 Å². The summed E-state index contributed by atoms with van der Waals surface area (Å²) in [7, 11) is 3.42. The number of nitrogens with zero attached hydrogens (tertiary/aromatic N) is 1. The molecule has 0 radical (unpaired) electrons. The fourth-order valence-electron chi connectivity index (χ4n) is 3.39. The van der Waals surface area contributed by atoms with Crippen LogP contribution in [0.5, 0.6) is 11.5 Å². The van der Waals surface area contributed by atoms with Gasteiger partial charge < -0.3 is 15.2 Å². The van der Waals surface area contributed by atoms with Gasteiger partial charge in [0, 0.05) is 23.8 Å². The largest absolute Gasteiger partial charge is 0.497 e. The zero-order chi connectivity index (χ0) is 16.2. The zero-order valence-electron chi connectivity index (χ0n) is 13.8. The summed E-state index contributed by atoms with van der Waals surface area (Å²) in [6, 6.07) is 14.5. The Morgan fingerprint density at radius 1 is 1.13 bits per heavy atom. The Morgan fingerprint density at radius 3 is 2.74 bits per heavy atom. The van der Waals surface area contributed by atoms with Crippen molar-refractivity contribution in [1.82, 2.24) is 4.90 Å². The first kappa shape index (κ1) is 15.7. The molecule has 1 fully saturated rings. The maximum absolute atomic E-state index is 5.91. The Balaban J connectivity index is 1.86. The van der Waals surface area contributed by atoms with E-state index in [9.17, 15) is 0 Å². The number of anilines is 1. The Kier molecular flexibility index (Phi) is 4.72. The van der Waals surface area contributed by atoms with Crippen LogP contribution < -0.4 is 15.2 Å². The van der Waals surface area contributed by atoms with Gasteiger partial charge in [-0.3, -0.25) is 4.90 Å². The first-order chi connectivity index (χ1) is 11.2. The van der Waals surface area contributed by atoms with Crippen LogP contribution in [-0.2, 0) is 6.54 Å². The lowest BCUT2D eigenvalue weighted by Gasteiger charge is -2.26. The number of benzene rings is 2. The Labute approximate surface area is 137 Å². The summed E-state index contributed by atoms with van der Waals surface area (Å²) in [5, 5.41) is 0. The summed E-state index contributed by atoms with van der Waals surface area (Å²) < 4.78 is 11.0. The molecule has 1 saturated heterocycles. The molecule has 3 rings (SSSR count). The van der Waals surface area contributed by atoms with Crippen molar-refractivity contribution >= 4 is 5.69 Å². The molecule has 2 aromatic carbocycles. The van der Waals surface area contributed by atoms with Crippen molar-refractivity contribution in [3.05, 3.63) is 53.6 Å². The van der Waals surface area contributed by atoms with Crippen LogP contribution in [0.15, 0.2) is 42.5 Å². The van der Waals surface area contributed by atoms with Gasteiger partial charge in [0.2, 0.25) is 0 Å². The second-order valence-corrected chi connectivity index (χ2v) is 5.98. The summed E-state index contributed by atoms with van der Waals surface area (Å²) in [5.74, 6) is 1.80. The van der Waals surface area contributed by atoms with Crippen LogP contribution in [0.4, 0.5) is 5.69 Å². The van der Waals surface area contributed by atoms with E-state index in [1.54, 1.807) is 14.2 Å². The van der Waals surface area contributed by atoms with Crippen LogP contribution in [0.25, 0.3) is 0 Å². The highest BCUT2D eigenvalue weighted by molar-refractivity contribution is 5.43. The highest BCUT2D eigenvalue weighted by Gasteiger charge is 2.28. The molecule has 2 aromatic rings. The third-order valence-corrected chi connectivity index (χ3v) is 4.50. The number of methoxy groups -OCH3 is 2. The molecule has 0 saturated carbocycles. The summed E-state index contributed by atoms with van der Waals surface area (Å²) in [4.78, 5) is 2.49. The minimum absolute atomic E-state index is 0.349. The molecule has 1 heterocycles. The van der Waals surface area contributed by atoms with Crippen molar-refractivity contribution in [2.75, 3.05) is 26.5 Å². The summed E-state index contributed by atoms with van der Waals surface area (Å²) >= 11 is 0. The molecule has 0 aliphatic carbocycles. The van der Waals surface area contributed by atoms with Gasteiger partial charge in [-0.15, -0.1) is 0 Å². The van der Waals surface area contributed by atoms with E-state index in [4.69, 9.17) is 15.2 Å². The van der Waals surface area contributed by atoms with Crippen molar-refractivity contribution in [3.63, 3.8) is 0 Å². The van der Waals surface area contributed by atoms with Crippen molar-refractivity contribution in [1.29, 1.82) is 0 Å². The quantitative estimate of drug-likeness (QED) is 0.857. The molecule has 1 unspecified atom stereocenters. The number of likely N-dealkylation sites (tertiary alicyclic amines) is 1. The van der Waals surface area contributed by atoms with Crippen LogP contribution >= 0.6 is 0 Å². The second kappa shape index (κ2) is 6.92. The standard InChI is InChI=1S/C19H24N2O2/c1-22-16-8-9-19(23-2)17(12-16)18-7-4-10-21(18)13-14-5-3-6-15(20)11-14/h3,5-6,8-9,11-12,18H,4,7,10,13,20H2,1-2H3. The van der Waals surface area contributed by atoms with Crippen molar-refractivity contribution < 1.29 is 9.47 Å². The minimum Gasteiger partial charge on any atom is -0.497 e. The fraction of sp³-hybridized carbons (Fsp3) is 0.368. The Bertz CT molecular complexity index is 672. The first-order valence-corrected chi connectivity index (χ1v) is 8.01. The highest BCUT2D eigenvalue weighted by atomic mass is 16.5. The van der Waals surface area contributed by atoms with Gasteiger partial charge >= 0.3 is 0 Å². The van der Waals surface area contributed by atoms with E-state index < -0.39 is 0 Å². The fourth-order valence-corrected chi connectivity index (χ4v) is 3.39. The van der Waals surface area contributed by atoms with E-state index in [1.807, 2.05) is 24.3 Å². The van der Waals surface area contributed by atoms with Crippen LogP contribution in [0.1, 0.15) is 30.0 Å². The molecule has 4 heteroatoms. The third kappa shape index (κ3) is 3.42. The molecular weight excluding hydrogens is 288 g/mol. The molecule has 1 aliphatic rings. The van der Waals surface area contributed by atoms with Gasteiger partial charge in [0.25, 0.3) is 0 Å². The van der Waals surface area contributed by atoms with Gasteiger partial charge in [-0.1, -0.05) is 12.1 Å². The van der Waals surface area contributed by atoms with E-state index in [-0.39, 0.29) is 0 Å². The molecule has 23 heavy (non-hydrogen) atoms. The summed E-state index contributed by atoms with van der Waals surface area (Å²) in [6.45, 7) is 1.98. The average molecular weight is 312 g/mol. The van der Waals surface area contributed by atoms with Gasteiger partial charge in [-0.05, 0) is 55.3 Å². The van der Waals surface area contributed by atoms with Crippen LogP contribution in [0.2, 0.25) is 0 Å². The molecule has 0 amide bonds.